The fourth-order valence-corrected chi connectivity index (χ4v) is 4.96. The van der Waals surface area contributed by atoms with Gasteiger partial charge in [-0.05, 0) is 61.4 Å². The lowest BCUT2D eigenvalue weighted by molar-refractivity contribution is -0.138. The molecule has 4 N–H and O–H groups in total. The van der Waals surface area contributed by atoms with Gasteiger partial charge in [-0.3, -0.25) is 14.4 Å². The number of benzene rings is 2. The number of carbonyl (C=O) groups excluding carboxylic acids is 1. The number of nitrogens with one attached hydrogen (secondary N) is 4. The number of rotatable bonds is 8. The number of allylic oxidation sites excluding steroid dienone is 1. The van der Waals surface area contributed by atoms with E-state index in [0.29, 0.717) is 35.9 Å². The first kappa shape index (κ1) is 32.2. The number of aromatic amines is 1. The van der Waals surface area contributed by atoms with Crippen LogP contribution >= 0.6 is 0 Å². The minimum atomic E-state index is -4.56. The second-order valence-electron chi connectivity index (χ2n) is 11.1. The largest absolute Gasteiger partial charge is 0.416 e. The number of alkyl halides is 3. The monoisotopic (exact) mass is 629 g/mol. The minimum Gasteiger partial charge on any atom is -0.350 e. The predicted molar refractivity (Wildman–Crippen MR) is 172 cm³/mol. The molecule has 0 aliphatic carbocycles. The summed E-state index contributed by atoms with van der Waals surface area (Å²) in [7, 11) is 3.79. The van der Waals surface area contributed by atoms with Gasteiger partial charge in [0.1, 0.15) is 5.69 Å². The maximum atomic E-state index is 14.0. The molecule has 10 nitrogen and oxygen atoms in total. The highest BCUT2D eigenvalue weighted by Gasteiger charge is 2.34. The zero-order valence-corrected chi connectivity index (χ0v) is 25.7. The molecular weight excluding hydrogens is 595 g/mol. The highest BCUT2D eigenvalue weighted by atomic mass is 19.4. The molecule has 5 rings (SSSR count). The maximum absolute atomic E-state index is 14.0. The number of H-pyrrole nitrogens is 1. The van der Waals surface area contributed by atoms with Gasteiger partial charge in [0.15, 0.2) is 5.82 Å². The number of imidazole rings is 1. The molecule has 1 aliphatic rings. The van der Waals surface area contributed by atoms with Crippen LogP contribution in [0.15, 0.2) is 61.1 Å². The zero-order chi connectivity index (χ0) is 32.8. The summed E-state index contributed by atoms with van der Waals surface area (Å²) in [6, 6.07) is 8.89. The Bertz CT molecular complexity index is 1820. The van der Waals surface area contributed by atoms with Gasteiger partial charge in [-0.25, -0.2) is 4.98 Å². The first-order valence-electron chi connectivity index (χ1n) is 14.6. The van der Waals surface area contributed by atoms with E-state index in [1.54, 1.807) is 54.6 Å². The van der Waals surface area contributed by atoms with Crippen molar-refractivity contribution >= 4 is 29.2 Å². The number of amides is 1. The maximum Gasteiger partial charge on any atom is 0.416 e. The fourth-order valence-electron chi connectivity index (χ4n) is 4.96. The van der Waals surface area contributed by atoms with Crippen LogP contribution in [0.5, 0.6) is 0 Å². The third-order valence-electron chi connectivity index (χ3n) is 7.56. The number of piperazine rings is 1. The van der Waals surface area contributed by atoms with Gasteiger partial charge < -0.3 is 25.9 Å². The summed E-state index contributed by atoms with van der Waals surface area (Å²) in [5, 5.41) is 17.4. The average Bonchev–Trinajstić information content (AvgIpc) is 3.66. The summed E-state index contributed by atoms with van der Waals surface area (Å²) in [5.74, 6) is 5.98. The Hall–Kier alpha value is -5.19. The van der Waals surface area contributed by atoms with E-state index >= 15 is 0 Å². The molecule has 0 saturated carbocycles. The predicted octanol–water partition coefficient (Wildman–Crippen LogP) is 4.97. The SMILES string of the molecule is Cc1ccc(C(=O)Nc2ccc(CN3CCN(C)CC3)c(C(F)(F)F)c2)cc1C#Cc1cnc(/C(=C\C=N)Nc2cnn(C)c2)[nH]1. The van der Waals surface area contributed by atoms with Gasteiger partial charge in [0.25, 0.3) is 5.91 Å². The molecule has 1 amide bonds. The molecule has 0 radical (unpaired) electrons. The number of anilines is 2. The fraction of sp³-hybridized carbons (Fsp3) is 0.273. The van der Waals surface area contributed by atoms with Crippen molar-refractivity contribution in [1.82, 2.24) is 29.5 Å². The topological polar surface area (TPSA) is 118 Å². The van der Waals surface area contributed by atoms with Crippen molar-refractivity contribution in [1.29, 1.82) is 5.41 Å². The Morgan fingerprint density at radius 1 is 1.04 bits per heavy atom. The number of likely N-dealkylation sites (N-methyl/N-ethyl adjacent to an activating group) is 1. The van der Waals surface area contributed by atoms with Crippen LogP contribution in [0.25, 0.3) is 5.70 Å². The number of hydrogen-bond donors (Lipinski definition) is 4. The van der Waals surface area contributed by atoms with Crippen LogP contribution in [0.2, 0.25) is 0 Å². The van der Waals surface area contributed by atoms with Crippen molar-refractivity contribution < 1.29 is 18.0 Å². The number of halogens is 3. The van der Waals surface area contributed by atoms with Gasteiger partial charge in [0.2, 0.25) is 0 Å². The van der Waals surface area contributed by atoms with Crippen LogP contribution in [-0.4, -0.2) is 74.9 Å². The lowest BCUT2D eigenvalue weighted by Gasteiger charge is -2.33. The molecule has 0 bridgehead atoms. The Morgan fingerprint density at radius 3 is 2.52 bits per heavy atom. The Balaban J connectivity index is 1.30. The van der Waals surface area contributed by atoms with Crippen LogP contribution in [0.4, 0.5) is 24.5 Å². The molecule has 13 heteroatoms. The van der Waals surface area contributed by atoms with Crippen molar-refractivity contribution in [3.63, 3.8) is 0 Å². The molecule has 0 unspecified atom stereocenters. The summed E-state index contributed by atoms with van der Waals surface area (Å²) < 4.78 is 43.7. The van der Waals surface area contributed by atoms with Crippen LogP contribution in [0.3, 0.4) is 0 Å². The minimum absolute atomic E-state index is 0.0614. The second kappa shape index (κ2) is 13.8. The molecule has 0 spiro atoms. The standard InChI is InChI=1S/C33H34F3N9O/c1-22-4-5-24(16-23(22)6-9-27-18-38-31(41-27)30(10-11-37)40-28-19-39-44(3)21-28)32(46)42-26-8-7-25(29(17-26)33(34,35)36)20-45-14-12-43(2)13-15-45/h4-5,7-8,10-11,16-19,21,37,40H,12-15,20H2,1-3H3,(H,38,41)(H,42,46)/b30-10+,37-11?. The second-order valence-corrected chi connectivity index (χ2v) is 11.1. The molecular formula is C33H34F3N9O. The van der Waals surface area contributed by atoms with E-state index in [1.807, 2.05) is 18.9 Å². The summed E-state index contributed by atoms with van der Waals surface area (Å²) >= 11 is 0. The summed E-state index contributed by atoms with van der Waals surface area (Å²) in [6.45, 7) is 5.03. The van der Waals surface area contributed by atoms with Crippen molar-refractivity contribution in [2.24, 2.45) is 7.05 Å². The molecule has 3 heterocycles. The molecule has 1 saturated heterocycles. The number of carbonyl (C=O) groups is 1. The normalized spacial score (nSPS) is 14.4. The lowest BCUT2D eigenvalue weighted by atomic mass is 10.0. The third-order valence-corrected chi connectivity index (χ3v) is 7.56. The van der Waals surface area contributed by atoms with Crippen LogP contribution in [-0.2, 0) is 19.8 Å². The number of nitrogens with zero attached hydrogens (tertiary/aromatic N) is 5. The zero-order valence-electron chi connectivity index (χ0n) is 25.7. The summed E-state index contributed by atoms with van der Waals surface area (Å²) in [4.78, 5) is 24.8. The quantitative estimate of drug-likeness (QED) is 0.162. The van der Waals surface area contributed by atoms with E-state index in [9.17, 15) is 18.0 Å². The van der Waals surface area contributed by atoms with E-state index in [1.165, 1.54) is 12.1 Å². The van der Waals surface area contributed by atoms with Gasteiger partial charge in [0.05, 0.1) is 29.3 Å². The summed E-state index contributed by atoms with van der Waals surface area (Å²) in [5.41, 5.74) is 2.91. The van der Waals surface area contributed by atoms with Crippen molar-refractivity contribution in [2.75, 3.05) is 43.9 Å². The molecule has 1 fully saturated rings. The molecule has 2 aromatic heterocycles. The Labute approximate surface area is 264 Å². The Kier molecular flexibility index (Phi) is 9.69. The van der Waals surface area contributed by atoms with Crippen LogP contribution < -0.4 is 10.6 Å². The van der Waals surface area contributed by atoms with Crippen molar-refractivity contribution in [3.05, 3.63) is 100 Å². The molecule has 2 aromatic carbocycles. The van der Waals surface area contributed by atoms with E-state index in [4.69, 9.17) is 5.41 Å². The summed E-state index contributed by atoms with van der Waals surface area (Å²) in [6.07, 6.45) is 3.11. The van der Waals surface area contributed by atoms with Crippen molar-refractivity contribution in [2.45, 2.75) is 19.6 Å². The van der Waals surface area contributed by atoms with Gasteiger partial charge >= 0.3 is 6.18 Å². The van der Waals surface area contributed by atoms with Crippen LogP contribution in [0, 0.1) is 24.2 Å². The van der Waals surface area contributed by atoms with Gasteiger partial charge in [0, 0.05) is 69.0 Å². The lowest BCUT2D eigenvalue weighted by Crippen LogP contribution is -2.44. The van der Waals surface area contributed by atoms with E-state index in [-0.39, 0.29) is 23.4 Å². The molecule has 1 aliphatic heterocycles. The van der Waals surface area contributed by atoms with Crippen molar-refractivity contribution in [3.8, 4) is 11.8 Å². The molecule has 46 heavy (non-hydrogen) atoms. The number of aryl methyl sites for hydroxylation is 2. The van der Waals surface area contributed by atoms with E-state index in [0.717, 1.165) is 36.6 Å². The average molecular weight is 630 g/mol. The first-order valence-corrected chi connectivity index (χ1v) is 14.6. The number of aromatic nitrogens is 4. The van der Waals surface area contributed by atoms with Gasteiger partial charge in [-0.1, -0.05) is 18.1 Å². The van der Waals surface area contributed by atoms with Gasteiger partial charge in [-0.15, -0.1) is 0 Å². The van der Waals surface area contributed by atoms with E-state index < -0.39 is 17.6 Å². The van der Waals surface area contributed by atoms with Crippen LogP contribution in [0.1, 0.15) is 44.1 Å². The third kappa shape index (κ3) is 8.09. The number of hydrogen-bond acceptors (Lipinski definition) is 7. The first-order chi connectivity index (χ1) is 22.0. The highest BCUT2D eigenvalue weighted by molar-refractivity contribution is 6.04. The molecule has 0 atom stereocenters. The van der Waals surface area contributed by atoms with E-state index in [2.05, 4.69) is 42.4 Å². The highest BCUT2D eigenvalue weighted by Crippen LogP contribution is 2.35. The smallest absolute Gasteiger partial charge is 0.350 e. The molecule has 238 valence electrons. The van der Waals surface area contributed by atoms with Gasteiger partial charge in [-0.2, -0.15) is 18.3 Å². The molecule has 4 aromatic rings. The Morgan fingerprint density at radius 2 is 1.83 bits per heavy atom.